The maximum absolute atomic E-state index is 11.8. The molecule has 0 saturated carbocycles. The molecule has 2 unspecified atom stereocenters. The molecule has 0 radical (unpaired) electrons. The summed E-state index contributed by atoms with van der Waals surface area (Å²) in [7, 11) is -1.32. The number of aliphatic hydroxyl groups is 1. The lowest BCUT2D eigenvalue weighted by molar-refractivity contribution is 0.160. The number of aryl methyl sites for hydroxylation is 1. The van der Waals surface area contributed by atoms with Crippen molar-refractivity contribution in [3.63, 3.8) is 0 Å². The van der Waals surface area contributed by atoms with E-state index < -0.39 is 21.2 Å². The summed E-state index contributed by atoms with van der Waals surface area (Å²) in [5.41, 5.74) is 0.737. The Bertz CT molecular complexity index is 481. The molecule has 96 valence electrons. The van der Waals surface area contributed by atoms with Gasteiger partial charge in [0.2, 0.25) is 0 Å². The average Bonchev–Trinajstić information content (AvgIpc) is 2.63. The fraction of sp³-hybridized carbons (Fsp3) is 0.727. The molecule has 2 rings (SSSR count). The minimum absolute atomic E-state index is 0.205. The second-order valence-corrected chi connectivity index (χ2v) is 6.99. The van der Waals surface area contributed by atoms with E-state index in [2.05, 4.69) is 5.10 Å². The minimum Gasteiger partial charge on any atom is -0.391 e. The molecule has 2 atom stereocenters. The molecule has 1 aliphatic rings. The number of aromatic nitrogens is 2. The monoisotopic (exact) mass is 258 g/mol. The smallest absolute Gasteiger partial charge is 0.155 e. The molecule has 0 amide bonds. The van der Waals surface area contributed by atoms with E-state index in [0.717, 1.165) is 18.5 Å². The first-order valence-corrected chi connectivity index (χ1v) is 7.59. The second kappa shape index (κ2) is 4.78. The van der Waals surface area contributed by atoms with Crippen LogP contribution in [0.1, 0.15) is 25.0 Å². The van der Waals surface area contributed by atoms with Crippen LogP contribution in [0.2, 0.25) is 0 Å². The van der Waals surface area contributed by atoms with E-state index in [9.17, 15) is 13.5 Å². The third-order valence-electron chi connectivity index (χ3n) is 3.25. The topological polar surface area (TPSA) is 72.2 Å². The van der Waals surface area contributed by atoms with Crippen molar-refractivity contribution in [2.45, 2.75) is 37.0 Å². The van der Waals surface area contributed by atoms with Crippen molar-refractivity contribution < 1.29 is 13.5 Å². The number of sulfone groups is 1. The van der Waals surface area contributed by atoms with E-state index in [0.29, 0.717) is 12.8 Å². The van der Waals surface area contributed by atoms with Crippen molar-refractivity contribution in [2.24, 2.45) is 7.05 Å². The van der Waals surface area contributed by atoms with Gasteiger partial charge in [0.05, 0.1) is 22.8 Å². The van der Waals surface area contributed by atoms with Crippen LogP contribution in [0, 0.1) is 0 Å². The number of hydrogen-bond donors (Lipinski definition) is 1. The molecule has 1 aromatic rings. The van der Waals surface area contributed by atoms with E-state index in [1.54, 1.807) is 24.0 Å². The van der Waals surface area contributed by atoms with Gasteiger partial charge in [-0.1, -0.05) is 6.42 Å². The highest BCUT2D eigenvalue weighted by molar-refractivity contribution is 7.92. The molecule has 0 aromatic carbocycles. The summed E-state index contributed by atoms with van der Waals surface area (Å²) >= 11 is 0. The van der Waals surface area contributed by atoms with Crippen LogP contribution in [0.5, 0.6) is 0 Å². The fourth-order valence-corrected chi connectivity index (χ4v) is 4.34. The predicted molar refractivity (Wildman–Crippen MR) is 64.3 cm³/mol. The van der Waals surface area contributed by atoms with E-state index in [4.69, 9.17) is 0 Å². The lowest BCUT2D eigenvalue weighted by Crippen LogP contribution is -2.39. The van der Waals surface area contributed by atoms with Crippen LogP contribution < -0.4 is 0 Å². The molecule has 5 nitrogen and oxygen atoms in total. The van der Waals surface area contributed by atoms with Gasteiger partial charge < -0.3 is 5.11 Å². The Morgan fingerprint density at radius 3 is 2.94 bits per heavy atom. The molecule has 1 saturated heterocycles. The number of nitrogens with zero attached hydrogens (tertiary/aromatic N) is 2. The van der Waals surface area contributed by atoms with Crippen molar-refractivity contribution in [3.05, 3.63) is 18.0 Å². The summed E-state index contributed by atoms with van der Waals surface area (Å²) in [6.45, 7) is 0. The number of rotatable bonds is 3. The molecule has 0 bridgehead atoms. The van der Waals surface area contributed by atoms with Crippen molar-refractivity contribution in [1.82, 2.24) is 9.78 Å². The molecule has 6 heteroatoms. The first-order valence-electron chi connectivity index (χ1n) is 5.87. The van der Waals surface area contributed by atoms with Crippen molar-refractivity contribution >= 4 is 9.84 Å². The maximum atomic E-state index is 11.8. The third kappa shape index (κ3) is 2.87. The molecule has 1 aromatic heterocycles. The molecule has 1 N–H and O–H groups in total. The Hall–Kier alpha value is -0.880. The van der Waals surface area contributed by atoms with Crippen molar-refractivity contribution in [1.29, 1.82) is 0 Å². The highest BCUT2D eigenvalue weighted by Crippen LogP contribution is 2.23. The van der Waals surface area contributed by atoms with Gasteiger partial charge in [0.1, 0.15) is 0 Å². The van der Waals surface area contributed by atoms with Gasteiger partial charge in [-0.15, -0.1) is 0 Å². The largest absolute Gasteiger partial charge is 0.391 e. The zero-order valence-corrected chi connectivity index (χ0v) is 10.7. The minimum atomic E-state index is -3.12. The maximum Gasteiger partial charge on any atom is 0.155 e. The number of hydrogen-bond acceptors (Lipinski definition) is 4. The second-order valence-electron chi connectivity index (χ2n) is 4.65. The van der Waals surface area contributed by atoms with E-state index >= 15 is 0 Å². The number of aliphatic hydroxyl groups excluding tert-OH is 1. The van der Waals surface area contributed by atoms with Gasteiger partial charge in [-0.2, -0.15) is 5.10 Å². The lowest BCUT2D eigenvalue weighted by atomic mass is 10.1. The quantitative estimate of drug-likeness (QED) is 0.846. The SMILES string of the molecule is Cn1ccc(CC(O)C2CCCCS2(=O)=O)n1. The van der Waals surface area contributed by atoms with Crippen LogP contribution in [0.3, 0.4) is 0 Å². The van der Waals surface area contributed by atoms with Gasteiger partial charge in [0.25, 0.3) is 0 Å². The summed E-state index contributed by atoms with van der Waals surface area (Å²) in [5.74, 6) is 0.205. The molecule has 17 heavy (non-hydrogen) atoms. The van der Waals surface area contributed by atoms with Gasteiger partial charge in [-0.3, -0.25) is 4.68 Å². The van der Waals surface area contributed by atoms with Crippen molar-refractivity contribution in [3.8, 4) is 0 Å². The van der Waals surface area contributed by atoms with Crippen LogP contribution in [-0.4, -0.2) is 40.4 Å². The van der Waals surface area contributed by atoms with Gasteiger partial charge in [-0.25, -0.2) is 8.42 Å². The molecular formula is C11H18N2O3S. The Labute approximate surface area is 101 Å². The highest BCUT2D eigenvalue weighted by atomic mass is 32.2. The van der Waals surface area contributed by atoms with Gasteiger partial charge in [-0.05, 0) is 18.9 Å². The molecule has 1 aliphatic heterocycles. The predicted octanol–water partition coefficient (Wildman–Crippen LogP) is 0.291. The molecule has 2 heterocycles. The van der Waals surface area contributed by atoms with Gasteiger partial charge >= 0.3 is 0 Å². The Morgan fingerprint density at radius 2 is 2.35 bits per heavy atom. The van der Waals surface area contributed by atoms with E-state index in [1.807, 2.05) is 0 Å². The van der Waals surface area contributed by atoms with Crippen LogP contribution in [0.4, 0.5) is 0 Å². The molecular weight excluding hydrogens is 240 g/mol. The van der Waals surface area contributed by atoms with Crippen molar-refractivity contribution in [2.75, 3.05) is 5.75 Å². The van der Waals surface area contributed by atoms with Crippen LogP contribution in [-0.2, 0) is 23.3 Å². The Balaban J connectivity index is 2.06. The molecule has 0 aliphatic carbocycles. The third-order valence-corrected chi connectivity index (χ3v) is 5.58. The van der Waals surface area contributed by atoms with Gasteiger partial charge in [0, 0.05) is 19.7 Å². The van der Waals surface area contributed by atoms with Crippen LogP contribution >= 0.6 is 0 Å². The molecule has 1 fully saturated rings. The zero-order valence-electron chi connectivity index (χ0n) is 9.91. The van der Waals surface area contributed by atoms with E-state index in [-0.39, 0.29) is 5.75 Å². The summed E-state index contributed by atoms with van der Waals surface area (Å²) in [4.78, 5) is 0. The Kier molecular flexibility index (Phi) is 3.53. The summed E-state index contributed by atoms with van der Waals surface area (Å²) in [6, 6.07) is 1.80. The highest BCUT2D eigenvalue weighted by Gasteiger charge is 2.34. The summed E-state index contributed by atoms with van der Waals surface area (Å²) in [5, 5.41) is 13.6. The van der Waals surface area contributed by atoms with E-state index in [1.165, 1.54) is 0 Å². The zero-order chi connectivity index (χ0) is 12.5. The molecule has 0 spiro atoms. The first kappa shape index (κ1) is 12.6. The van der Waals surface area contributed by atoms with Crippen LogP contribution in [0.25, 0.3) is 0 Å². The normalized spacial score (nSPS) is 25.6. The van der Waals surface area contributed by atoms with Gasteiger partial charge in [0.15, 0.2) is 9.84 Å². The first-order chi connectivity index (χ1) is 7.99. The average molecular weight is 258 g/mol. The summed E-state index contributed by atoms with van der Waals surface area (Å²) in [6.07, 6.45) is 3.42. The standard InChI is InChI=1S/C11H18N2O3S/c1-13-6-5-9(12-13)8-10(14)11-4-2-3-7-17(11,15)16/h5-6,10-11,14H,2-4,7-8H2,1H3. The fourth-order valence-electron chi connectivity index (χ4n) is 2.33. The lowest BCUT2D eigenvalue weighted by Gasteiger charge is -2.26. The van der Waals surface area contributed by atoms with Crippen LogP contribution in [0.15, 0.2) is 12.3 Å². The Morgan fingerprint density at radius 1 is 1.59 bits per heavy atom. The summed E-state index contributed by atoms with van der Waals surface area (Å²) < 4.78 is 25.3.